The molecule has 1 aliphatic carbocycles. The molecule has 2 heterocycles. The molecular formula is C87H106F6HfN2O4. The first-order valence-electron chi connectivity index (χ1n) is 35.1. The Morgan fingerprint density at radius 3 is 1.32 bits per heavy atom. The molecule has 0 bridgehead atoms. The number of phenols is 1. The van der Waals surface area contributed by atoms with Gasteiger partial charge in [0.2, 0.25) is 5.79 Å². The van der Waals surface area contributed by atoms with E-state index in [0.29, 0.717) is 24.1 Å². The largest absolute Gasteiger partial charge is 0.505 e. The quantitative estimate of drug-likeness (QED) is 0.0493. The fourth-order valence-corrected chi connectivity index (χ4v) is 15.5. The van der Waals surface area contributed by atoms with Gasteiger partial charge in [0.05, 0.1) is 41.1 Å². The first kappa shape index (κ1) is 77.7. The SMILES string of the molecule is Cc1cc(C2=CC(C(C)(C)CC(C)(C)C)=CC(n3c4ccc(C(C)(C)C)cc4c4cc(C(C)(C)C)ccc43)C2(O)OCCCOc2c(C)cc(C(F)(F)F)cc2-c2cc(C(C)(C)CC(C)(C)C)cc(-n3c4ccc(C(C)(C)C)cc4c4cc(C(C)(C)C)ccc43)c2O)cc(C(F)(F)F)c1.[Hf]. The van der Waals surface area contributed by atoms with Crippen LogP contribution >= 0.6 is 0 Å². The number of ether oxygens (including phenoxy) is 2. The first-order chi connectivity index (χ1) is 45.2. The molecule has 1 aliphatic rings. The maximum absolute atomic E-state index is 15.4. The molecule has 2 atom stereocenters. The third kappa shape index (κ3) is 15.7. The molecule has 9 aromatic rings. The van der Waals surface area contributed by atoms with E-state index < -0.39 is 46.1 Å². The van der Waals surface area contributed by atoms with Crippen LogP contribution in [0.25, 0.3) is 66.0 Å². The Morgan fingerprint density at radius 2 is 0.880 bits per heavy atom. The molecule has 0 saturated heterocycles. The summed E-state index contributed by atoms with van der Waals surface area (Å²) in [5, 5.41) is 31.4. The monoisotopic (exact) mass is 1540 g/mol. The van der Waals surface area contributed by atoms with Crippen molar-refractivity contribution in [1.29, 1.82) is 0 Å². The van der Waals surface area contributed by atoms with Gasteiger partial charge in [-0.05, 0) is 211 Å². The van der Waals surface area contributed by atoms with Crippen LogP contribution in [0.4, 0.5) is 26.3 Å². The molecule has 0 fully saturated rings. The minimum Gasteiger partial charge on any atom is -0.505 e. The number of aliphatic hydroxyl groups is 1. The Morgan fingerprint density at radius 1 is 0.460 bits per heavy atom. The fourth-order valence-electron chi connectivity index (χ4n) is 15.5. The number of hydrogen-bond donors (Lipinski definition) is 2. The zero-order valence-electron chi connectivity index (χ0n) is 63.6. The van der Waals surface area contributed by atoms with Crippen LogP contribution in [0.1, 0.15) is 233 Å². The van der Waals surface area contributed by atoms with Crippen molar-refractivity contribution < 1.29 is 71.9 Å². The van der Waals surface area contributed by atoms with Crippen LogP contribution in [0.15, 0.2) is 133 Å². The number of rotatable bonds is 14. The van der Waals surface area contributed by atoms with Crippen LogP contribution in [0.3, 0.4) is 0 Å². The second-order valence-electron chi connectivity index (χ2n) is 36.4. The van der Waals surface area contributed by atoms with Crippen molar-refractivity contribution in [2.75, 3.05) is 13.2 Å². The number of halogens is 6. The number of aromatic nitrogens is 2. The Kier molecular flexibility index (Phi) is 20.5. The van der Waals surface area contributed by atoms with E-state index in [2.05, 4.69) is 230 Å². The van der Waals surface area contributed by atoms with Crippen molar-refractivity contribution in [2.24, 2.45) is 16.2 Å². The number of phenolic OH excluding ortho intramolecular Hbond substituents is 1. The maximum atomic E-state index is 15.4. The predicted octanol–water partition coefficient (Wildman–Crippen LogP) is 25.0. The number of nitrogens with zero attached hydrogens (tertiary/aromatic N) is 2. The molecule has 2 aromatic heterocycles. The van der Waals surface area contributed by atoms with Crippen molar-refractivity contribution in [3.63, 3.8) is 0 Å². The Bertz CT molecular complexity index is 4540. The summed E-state index contributed by atoms with van der Waals surface area (Å²) in [4.78, 5) is 0. The summed E-state index contributed by atoms with van der Waals surface area (Å²) in [5.74, 6) is -2.49. The van der Waals surface area contributed by atoms with Crippen molar-refractivity contribution in [3.8, 4) is 28.3 Å². The summed E-state index contributed by atoms with van der Waals surface area (Å²) in [6.07, 6.45) is -4.26. The van der Waals surface area contributed by atoms with Gasteiger partial charge < -0.3 is 28.8 Å². The molecule has 6 nitrogen and oxygen atoms in total. The summed E-state index contributed by atoms with van der Waals surface area (Å²) in [6, 6.07) is 34.2. The second-order valence-corrected chi connectivity index (χ2v) is 36.4. The molecule has 100 heavy (non-hydrogen) atoms. The summed E-state index contributed by atoms with van der Waals surface area (Å²) in [7, 11) is 0. The molecule has 0 amide bonds. The molecule has 534 valence electrons. The normalized spacial score (nSPS) is 16.6. The molecule has 2 unspecified atom stereocenters. The van der Waals surface area contributed by atoms with Crippen LogP contribution in [-0.2, 0) is 70.0 Å². The van der Waals surface area contributed by atoms with Crippen LogP contribution in [0, 0.1) is 30.1 Å². The van der Waals surface area contributed by atoms with Crippen LogP contribution in [0.5, 0.6) is 11.5 Å². The van der Waals surface area contributed by atoms with Gasteiger partial charge in [0, 0.05) is 81.5 Å². The van der Waals surface area contributed by atoms with E-state index in [1.165, 1.54) is 0 Å². The van der Waals surface area contributed by atoms with Gasteiger partial charge in [-0.2, -0.15) is 26.3 Å². The van der Waals surface area contributed by atoms with Crippen molar-refractivity contribution in [1.82, 2.24) is 9.13 Å². The number of benzene rings is 7. The molecule has 0 spiro atoms. The van der Waals surface area contributed by atoms with Gasteiger partial charge in [-0.3, -0.25) is 0 Å². The zero-order chi connectivity index (χ0) is 73.5. The fraction of sp³-hybridized carbons (Fsp3) is 0.471. The second kappa shape index (κ2) is 26.4. The molecular weight excluding hydrogens is 1430 g/mol. The summed E-state index contributed by atoms with van der Waals surface area (Å²) >= 11 is 0. The van der Waals surface area contributed by atoms with Crippen molar-refractivity contribution in [3.05, 3.63) is 189 Å². The Labute approximate surface area is 609 Å². The van der Waals surface area contributed by atoms with Crippen LogP contribution in [0.2, 0.25) is 0 Å². The van der Waals surface area contributed by atoms with Gasteiger partial charge in [-0.15, -0.1) is 0 Å². The number of alkyl halides is 6. The number of allylic oxidation sites excluding steroid dienone is 2. The molecule has 10 rings (SSSR count). The predicted molar refractivity (Wildman–Crippen MR) is 399 cm³/mol. The van der Waals surface area contributed by atoms with E-state index in [-0.39, 0.29) is 117 Å². The van der Waals surface area contributed by atoms with E-state index in [4.69, 9.17) is 9.47 Å². The van der Waals surface area contributed by atoms with Gasteiger partial charge in [0.1, 0.15) is 17.5 Å². The topological polar surface area (TPSA) is 68.8 Å². The molecule has 13 heteroatoms. The van der Waals surface area contributed by atoms with Gasteiger partial charge in [-0.25, -0.2) is 0 Å². The third-order valence-electron chi connectivity index (χ3n) is 20.0. The number of hydrogen-bond acceptors (Lipinski definition) is 4. The molecule has 0 saturated carbocycles. The van der Waals surface area contributed by atoms with E-state index in [1.54, 1.807) is 19.9 Å². The Hall–Kier alpha value is -6.41. The minimum absolute atomic E-state index is 0. The number of fused-ring (bicyclic) bond motifs is 6. The number of aromatic hydroxyl groups is 1. The summed E-state index contributed by atoms with van der Waals surface area (Å²) < 4.78 is 110. The average Bonchev–Trinajstić information content (AvgIpc) is 1.61. The first-order valence-corrected chi connectivity index (χ1v) is 35.1. The summed E-state index contributed by atoms with van der Waals surface area (Å²) in [6.45, 7) is 50.2. The van der Waals surface area contributed by atoms with Crippen LogP contribution in [-0.4, -0.2) is 38.3 Å². The summed E-state index contributed by atoms with van der Waals surface area (Å²) in [5.41, 5.74) is 6.40. The molecule has 0 aliphatic heterocycles. The standard InChI is InChI=1S/C87H106F6N2O4.Hf/c1-51-36-53(39-60(37-51)86(88,89)90)68-46-59(84(23,24)50-78(6,7)8)48-74(95-71-32-28-56(81(15,16)17)42-64(71)65-43-57(82(18,19)20)29-33-72(65)95)85(68,97)99-35-25-34-98-76-52(2)38-61(87(91,92)93)45-67(76)66-44-58(83(21,22)49-77(3,4)5)47-73(75(66)96)94-69-30-26-54(79(9,10)11)40-62(69)63-41-55(80(12,13)14)27-31-70(63)94;/h26-33,36-48,74,96-97H,25,34-35,49-50H2,1-24H3;. The van der Waals surface area contributed by atoms with E-state index >= 15 is 26.3 Å². The van der Waals surface area contributed by atoms with E-state index in [1.807, 2.05) is 28.9 Å². The van der Waals surface area contributed by atoms with E-state index in [9.17, 15) is 10.2 Å². The zero-order valence-corrected chi connectivity index (χ0v) is 67.2. The van der Waals surface area contributed by atoms with Gasteiger partial charge in [0.15, 0.2) is 0 Å². The molecule has 0 radical (unpaired) electrons. The molecule has 2 N–H and O–H groups in total. The average molecular weight is 1540 g/mol. The van der Waals surface area contributed by atoms with Crippen molar-refractivity contribution in [2.45, 2.75) is 237 Å². The van der Waals surface area contributed by atoms with Gasteiger partial charge in [-0.1, -0.05) is 189 Å². The smallest absolute Gasteiger partial charge is 0.416 e. The van der Waals surface area contributed by atoms with Crippen molar-refractivity contribution >= 4 is 49.2 Å². The molecule has 7 aromatic carbocycles. The Balaban J connectivity index is 0.0000117. The van der Waals surface area contributed by atoms with Gasteiger partial charge >= 0.3 is 12.4 Å². The maximum Gasteiger partial charge on any atom is 0.416 e. The number of aryl methyl sites for hydroxylation is 2. The van der Waals surface area contributed by atoms with Crippen LogP contribution < -0.4 is 4.74 Å². The minimum atomic E-state index is -4.79. The van der Waals surface area contributed by atoms with E-state index in [0.717, 1.165) is 101 Å². The van der Waals surface area contributed by atoms with Gasteiger partial charge in [0.25, 0.3) is 0 Å². The third-order valence-corrected chi connectivity index (χ3v) is 20.0.